The van der Waals surface area contributed by atoms with E-state index in [2.05, 4.69) is 26.3 Å². The monoisotopic (exact) mass is 189 g/mol. The van der Waals surface area contributed by atoms with Gasteiger partial charge in [-0.05, 0) is 0 Å². The third-order valence-electron chi connectivity index (χ3n) is 2.23. The van der Waals surface area contributed by atoms with Crippen LogP contribution in [-0.4, -0.2) is 36.1 Å². The van der Waals surface area contributed by atoms with E-state index in [1.807, 2.05) is 0 Å². The quantitative estimate of drug-likeness (QED) is 0.660. The number of hydrogen-bond donors (Lipinski definition) is 1. The van der Waals surface area contributed by atoms with Gasteiger partial charge in [-0.2, -0.15) is 5.26 Å². The number of anilines is 1. The SMILES string of the molecule is N#Cc1cncnc1N1CCNCC1. The van der Waals surface area contributed by atoms with E-state index in [0.717, 1.165) is 32.0 Å². The Morgan fingerprint density at radius 1 is 1.43 bits per heavy atom. The smallest absolute Gasteiger partial charge is 0.150 e. The van der Waals surface area contributed by atoms with Crippen LogP contribution in [0.2, 0.25) is 0 Å². The van der Waals surface area contributed by atoms with Crippen molar-refractivity contribution in [1.82, 2.24) is 15.3 Å². The van der Waals surface area contributed by atoms with Gasteiger partial charge in [-0.3, -0.25) is 0 Å². The molecule has 0 amide bonds. The predicted molar refractivity (Wildman–Crippen MR) is 51.8 cm³/mol. The van der Waals surface area contributed by atoms with Crippen LogP contribution in [0.1, 0.15) is 5.56 Å². The molecule has 1 N–H and O–H groups in total. The summed E-state index contributed by atoms with van der Waals surface area (Å²) in [5.41, 5.74) is 0.550. The Morgan fingerprint density at radius 2 is 2.21 bits per heavy atom. The van der Waals surface area contributed by atoms with Crippen molar-refractivity contribution < 1.29 is 0 Å². The van der Waals surface area contributed by atoms with E-state index in [1.165, 1.54) is 6.33 Å². The second kappa shape index (κ2) is 4.03. The average molecular weight is 189 g/mol. The van der Waals surface area contributed by atoms with Crippen molar-refractivity contribution in [2.75, 3.05) is 31.1 Å². The zero-order chi connectivity index (χ0) is 9.80. The zero-order valence-electron chi connectivity index (χ0n) is 7.77. The zero-order valence-corrected chi connectivity index (χ0v) is 7.77. The number of nitriles is 1. The van der Waals surface area contributed by atoms with Gasteiger partial charge in [-0.15, -0.1) is 0 Å². The van der Waals surface area contributed by atoms with Gasteiger partial charge in [0, 0.05) is 26.2 Å². The Balaban J connectivity index is 2.26. The van der Waals surface area contributed by atoms with Crippen LogP contribution < -0.4 is 10.2 Å². The van der Waals surface area contributed by atoms with Gasteiger partial charge in [0.2, 0.25) is 0 Å². The molecule has 1 aliphatic heterocycles. The number of nitrogens with zero attached hydrogens (tertiary/aromatic N) is 4. The van der Waals surface area contributed by atoms with Gasteiger partial charge < -0.3 is 10.2 Å². The summed E-state index contributed by atoms with van der Waals surface area (Å²) in [6, 6.07) is 2.11. The Morgan fingerprint density at radius 3 is 2.93 bits per heavy atom. The standard InChI is InChI=1S/C9H11N5/c10-5-8-6-12-7-13-9(8)14-3-1-11-2-4-14/h6-7,11H,1-4H2. The first-order valence-electron chi connectivity index (χ1n) is 4.57. The first kappa shape index (κ1) is 8.91. The van der Waals surface area contributed by atoms with Crippen LogP contribution in [-0.2, 0) is 0 Å². The van der Waals surface area contributed by atoms with Crippen molar-refractivity contribution in [3.05, 3.63) is 18.1 Å². The lowest BCUT2D eigenvalue weighted by Gasteiger charge is -2.28. The number of hydrogen-bond acceptors (Lipinski definition) is 5. The lowest BCUT2D eigenvalue weighted by Crippen LogP contribution is -2.44. The van der Waals surface area contributed by atoms with Gasteiger partial charge in [0.25, 0.3) is 0 Å². The van der Waals surface area contributed by atoms with Crippen LogP contribution in [0, 0.1) is 11.3 Å². The molecule has 0 bridgehead atoms. The summed E-state index contributed by atoms with van der Waals surface area (Å²) in [5, 5.41) is 12.1. The number of aromatic nitrogens is 2. The van der Waals surface area contributed by atoms with Gasteiger partial charge in [-0.25, -0.2) is 9.97 Å². The molecule has 1 aromatic heterocycles. The van der Waals surface area contributed by atoms with Gasteiger partial charge in [-0.1, -0.05) is 0 Å². The molecule has 0 aliphatic carbocycles. The molecule has 5 nitrogen and oxygen atoms in total. The highest BCUT2D eigenvalue weighted by molar-refractivity contribution is 5.52. The van der Waals surface area contributed by atoms with Crippen LogP contribution >= 0.6 is 0 Å². The van der Waals surface area contributed by atoms with E-state index in [4.69, 9.17) is 5.26 Å². The number of nitrogens with one attached hydrogen (secondary N) is 1. The first-order valence-corrected chi connectivity index (χ1v) is 4.57. The molecule has 1 aliphatic rings. The molecular formula is C9H11N5. The van der Waals surface area contributed by atoms with Crippen LogP contribution in [0.3, 0.4) is 0 Å². The Kier molecular flexibility index (Phi) is 2.56. The minimum atomic E-state index is 0.550. The summed E-state index contributed by atoms with van der Waals surface area (Å²) in [6.07, 6.45) is 3.04. The highest BCUT2D eigenvalue weighted by Gasteiger charge is 2.14. The van der Waals surface area contributed by atoms with Gasteiger partial charge in [0.15, 0.2) is 0 Å². The molecule has 14 heavy (non-hydrogen) atoms. The third-order valence-corrected chi connectivity index (χ3v) is 2.23. The van der Waals surface area contributed by atoms with E-state index in [1.54, 1.807) is 6.20 Å². The van der Waals surface area contributed by atoms with E-state index < -0.39 is 0 Å². The minimum Gasteiger partial charge on any atom is -0.353 e. The Labute approximate surface area is 82.4 Å². The highest BCUT2D eigenvalue weighted by atomic mass is 15.2. The Bertz CT molecular complexity index is 350. The first-order chi connectivity index (χ1) is 6.92. The van der Waals surface area contributed by atoms with Crippen molar-refractivity contribution in [2.45, 2.75) is 0 Å². The molecule has 1 aromatic rings. The molecule has 0 unspecified atom stereocenters. The molecule has 1 saturated heterocycles. The van der Waals surface area contributed by atoms with Crippen molar-refractivity contribution in [2.24, 2.45) is 0 Å². The topological polar surface area (TPSA) is 64.8 Å². The predicted octanol–water partition coefficient (Wildman–Crippen LogP) is -0.242. The molecule has 0 spiro atoms. The molecule has 0 radical (unpaired) electrons. The fourth-order valence-electron chi connectivity index (χ4n) is 1.53. The lowest BCUT2D eigenvalue weighted by atomic mass is 10.3. The summed E-state index contributed by atoms with van der Waals surface area (Å²) in [5.74, 6) is 0.754. The largest absolute Gasteiger partial charge is 0.353 e. The molecular weight excluding hydrogens is 178 g/mol. The summed E-state index contributed by atoms with van der Waals surface area (Å²) >= 11 is 0. The molecule has 0 atom stereocenters. The fourth-order valence-corrected chi connectivity index (χ4v) is 1.53. The normalized spacial score (nSPS) is 16.4. The molecule has 2 heterocycles. The van der Waals surface area contributed by atoms with Crippen LogP contribution in [0.4, 0.5) is 5.82 Å². The van der Waals surface area contributed by atoms with E-state index in [9.17, 15) is 0 Å². The second-order valence-corrected chi connectivity index (χ2v) is 3.11. The van der Waals surface area contributed by atoms with Crippen LogP contribution in [0.5, 0.6) is 0 Å². The summed E-state index contributed by atoms with van der Waals surface area (Å²) in [6.45, 7) is 3.67. The van der Waals surface area contributed by atoms with E-state index >= 15 is 0 Å². The van der Waals surface area contributed by atoms with Crippen LogP contribution in [0.25, 0.3) is 0 Å². The molecule has 72 valence electrons. The molecule has 1 fully saturated rings. The molecule has 0 aromatic carbocycles. The minimum absolute atomic E-state index is 0.550. The maximum absolute atomic E-state index is 8.88. The average Bonchev–Trinajstić information content (AvgIpc) is 2.30. The van der Waals surface area contributed by atoms with Gasteiger partial charge in [0.05, 0.1) is 6.20 Å². The van der Waals surface area contributed by atoms with Crippen molar-refractivity contribution >= 4 is 5.82 Å². The highest BCUT2D eigenvalue weighted by Crippen LogP contribution is 2.14. The van der Waals surface area contributed by atoms with Crippen molar-refractivity contribution in [1.29, 1.82) is 5.26 Å². The van der Waals surface area contributed by atoms with Crippen molar-refractivity contribution in [3.8, 4) is 6.07 Å². The number of rotatable bonds is 1. The summed E-state index contributed by atoms with van der Waals surface area (Å²) in [7, 11) is 0. The van der Waals surface area contributed by atoms with Crippen molar-refractivity contribution in [3.63, 3.8) is 0 Å². The summed E-state index contributed by atoms with van der Waals surface area (Å²) in [4.78, 5) is 10.1. The van der Waals surface area contributed by atoms with Gasteiger partial charge in [0.1, 0.15) is 23.8 Å². The lowest BCUT2D eigenvalue weighted by molar-refractivity contribution is 0.584. The van der Waals surface area contributed by atoms with E-state index in [-0.39, 0.29) is 0 Å². The molecule has 0 saturated carbocycles. The Hall–Kier alpha value is -1.67. The maximum Gasteiger partial charge on any atom is 0.150 e. The third kappa shape index (κ3) is 1.65. The maximum atomic E-state index is 8.88. The second-order valence-electron chi connectivity index (χ2n) is 3.11. The molecule has 5 heteroatoms. The van der Waals surface area contributed by atoms with Crippen LogP contribution in [0.15, 0.2) is 12.5 Å². The number of piperazine rings is 1. The molecule has 2 rings (SSSR count). The van der Waals surface area contributed by atoms with E-state index in [0.29, 0.717) is 5.56 Å². The van der Waals surface area contributed by atoms with Gasteiger partial charge >= 0.3 is 0 Å². The summed E-state index contributed by atoms with van der Waals surface area (Å²) < 4.78 is 0. The fraction of sp³-hybridized carbons (Fsp3) is 0.444.